The zero-order chi connectivity index (χ0) is 12.3. The van der Waals surface area contributed by atoms with Crippen molar-refractivity contribution in [2.75, 3.05) is 0 Å². The van der Waals surface area contributed by atoms with Gasteiger partial charge in [0.15, 0.2) is 0 Å². The van der Waals surface area contributed by atoms with Gasteiger partial charge in [-0.05, 0) is 69.3 Å². The van der Waals surface area contributed by atoms with Crippen LogP contribution in [0.3, 0.4) is 0 Å². The zero-order valence-corrected chi connectivity index (χ0v) is 13.3. The predicted molar refractivity (Wildman–Crippen MR) is 81.4 cm³/mol. The minimum Gasteiger partial charge on any atom is -0.506 e. The van der Waals surface area contributed by atoms with Crippen LogP contribution in [0.4, 0.5) is 0 Å². The van der Waals surface area contributed by atoms with Crippen LogP contribution >= 0.6 is 45.2 Å². The molecule has 0 fully saturated rings. The molecule has 3 nitrogen and oxygen atoms in total. The van der Waals surface area contributed by atoms with Gasteiger partial charge in [0.25, 0.3) is 0 Å². The summed E-state index contributed by atoms with van der Waals surface area (Å²) in [5.74, 6) is 0.280. The molecule has 4 N–H and O–H groups in total. The largest absolute Gasteiger partial charge is 0.506 e. The molecule has 0 aliphatic carbocycles. The maximum absolute atomic E-state index is 9.83. The molecule has 0 spiro atoms. The van der Waals surface area contributed by atoms with E-state index in [0.717, 1.165) is 19.1 Å². The summed E-state index contributed by atoms with van der Waals surface area (Å²) in [4.78, 5) is 0. The molecule has 5 heteroatoms. The van der Waals surface area contributed by atoms with Crippen LogP contribution < -0.4 is 5.73 Å². The lowest BCUT2D eigenvalue weighted by molar-refractivity contribution is 0.134. The fourth-order valence-electron chi connectivity index (χ4n) is 1.48. The molecule has 0 saturated carbocycles. The Morgan fingerprint density at radius 3 is 2.25 bits per heavy atom. The molecule has 0 unspecified atom stereocenters. The van der Waals surface area contributed by atoms with Crippen LogP contribution in [0, 0.1) is 7.14 Å². The van der Waals surface area contributed by atoms with Crippen LogP contribution in [0.25, 0.3) is 0 Å². The number of phenolic OH excluding ortho intramolecular Hbond substituents is 1. The van der Waals surface area contributed by atoms with E-state index in [4.69, 9.17) is 5.73 Å². The second-order valence-electron chi connectivity index (χ2n) is 3.71. The highest BCUT2D eigenvalue weighted by molar-refractivity contribution is 14.1. The van der Waals surface area contributed by atoms with Crippen molar-refractivity contribution >= 4 is 45.2 Å². The van der Waals surface area contributed by atoms with Gasteiger partial charge >= 0.3 is 0 Å². The molecule has 2 atom stereocenters. The molecule has 1 rings (SSSR count). The Hall–Kier alpha value is 0.400. The first kappa shape index (κ1) is 14.5. The van der Waals surface area contributed by atoms with E-state index < -0.39 is 6.10 Å². The van der Waals surface area contributed by atoms with Gasteiger partial charge in [0.2, 0.25) is 0 Å². The number of aliphatic hydroxyl groups is 1. The standard InChI is InChI=1S/C11H15I2NO2/c1-2-3-9(15)10(14)6-4-7(12)11(16)8(13)5-6/h4-5,9-10,15-16H,2-3,14H2,1H3/t9-,10+/m0/s1. The first-order chi connectivity index (χ1) is 7.47. The highest BCUT2D eigenvalue weighted by atomic mass is 127. The molecule has 0 saturated heterocycles. The van der Waals surface area contributed by atoms with Crippen molar-refractivity contribution < 1.29 is 10.2 Å². The van der Waals surface area contributed by atoms with E-state index in [2.05, 4.69) is 45.2 Å². The van der Waals surface area contributed by atoms with Crippen molar-refractivity contribution in [3.63, 3.8) is 0 Å². The molecule has 0 heterocycles. The monoisotopic (exact) mass is 447 g/mol. The molecule has 0 bridgehead atoms. The molecule has 0 aliphatic rings. The zero-order valence-electron chi connectivity index (χ0n) is 8.95. The molecule has 16 heavy (non-hydrogen) atoms. The lowest BCUT2D eigenvalue weighted by Crippen LogP contribution is -2.26. The molecule has 0 aliphatic heterocycles. The Bertz CT molecular complexity index is 348. The predicted octanol–water partition coefficient (Wildman–Crippen LogP) is 2.76. The Kier molecular flexibility index (Phi) is 5.75. The summed E-state index contributed by atoms with van der Waals surface area (Å²) in [6, 6.07) is 3.26. The van der Waals surface area contributed by atoms with E-state index >= 15 is 0 Å². The number of nitrogens with two attached hydrogens (primary N) is 1. The molecule has 1 aromatic carbocycles. The van der Waals surface area contributed by atoms with Gasteiger partial charge in [0, 0.05) is 0 Å². The lowest BCUT2D eigenvalue weighted by Gasteiger charge is -2.19. The van der Waals surface area contributed by atoms with Crippen LogP contribution in [-0.2, 0) is 0 Å². The summed E-state index contributed by atoms with van der Waals surface area (Å²) in [5.41, 5.74) is 6.84. The molecule has 1 aromatic rings. The quantitative estimate of drug-likeness (QED) is 0.623. The first-order valence-corrected chi connectivity index (χ1v) is 7.24. The third-order valence-corrected chi connectivity index (χ3v) is 4.07. The van der Waals surface area contributed by atoms with E-state index in [1.807, 2.05) is 19.1 Å². The van der Waals surface area contributed by atoms with Gasteiger partial charge in [0.1, 0.15) is 5.75 Å². The third-order valence-electron chi connectivity index (χ3n) is 2.42. The van der Waals surface area contributed by atoms with E-state index in [0.29, 0.717) is 6.42 Å². The van der Waals surface area contributed by atoms with Crippen molar-refractivity contribution in [3.8, 4) is 5.75 Å². The lowest BCUT2D eigenvalue weighted by atomic mass is 9.99. The average Bonchev–Trinajstić information content (AvgIpc) is 2.24. The third kappa shape index (κ3) is 3.44. The second kappa shape index (κ2) is 6.36. The van der Waals surface area contributed by atoms with Crippen molar-refractivity contribution in [1.29, 1.82) is 0 Å². The summed E-state index contributed by atoms with van der Waals surface area (Å²) in [7, 11) is 0. The number of phenols is 1. The van der Waals surface area contributed by atoms with E-state index in [9.17, 15) is 10.2 Å². The Balaban J connectivity index is 2.96. The van der Waals surface area contributed by atoms with Gasteiger partial charge in [-0.25, -0.2) is 0 Å². The number of hydrogen-bond acceptors (Lipinski definition) is 3. The van der Waals surface area contributed by atoms with Crippen molar-refractivity contribution in [3.05, 3.63) is 24.8 Å². The maximum atomic E-state index is 9.83. The number of aliphatic hydroxyl groups excluding tert-OH is 1. The van der Waals surface area contributed by atoms with Gasteiger partial charge in [0.05, 0.1) is 19.3 Å². The summed E-state index contributed by atoms with van der Waals surface area (Å²) in [6.45, 7) is 2.01. The molecular formula is C11H15I2NO2. The number of halogens is 2. The van der Waals surface area contributed by atoms with Crippen LogP contribution in [-0.4, -0.2) is 16.3 Å². The number of hydrogen-bond donors (Lipinski definition) is 3. The van der Waals surface area contributed by atoms with Gasteiger partial charge in [-0.2, -0.15) is 0 Å². The average molecular weight is 447 g/mol. The van der Waals surface area contributed by atoms with Gasteiger partial charge < -0.3 is 15.9 Å². The van der Waals surface area contributed by atoms with Gasteiger partial charge in [-0.3, -0.25) is 0 Å². The van der Waals surface area contributed by atoms with E-state index in [-0.39, 0.29) is 11.8 Å². The SMILES string of the molecule is CCC[C@H](O)[C@H](N)c1cc(I)c(O)c(I)c1. The van der Waals surface area contributed by atoms with Crippen LogP contribution in [0.2, 0.25) is 0 Å². The van der Waals surface area contributed by atoms with Gasteiger partial charge in [-0.1, -0.05) is 13.3 Å². The number of aromatic hydroxyl groups is 1. The summed E-state index contributed by atoms with van der Waals surface area (Å²) in [5, 5.41) is 19.5. The van der Waals surface area contributed by atoms with Crippen LogP contribution in [0.1, 0.15) is 31.4 Å². The van der Waals surface area contributed by atoms with Crippen molar-refractivity contribution in [1.82, 2.24) is 0 Å². The normalized spacial score (nSPS) is 14.8. The van der Waals surface area contributed by atoms with Crippen molar-refractivity contribution in [2.45, 2.75) is 31.9 Å². The van der Waals surface area contributed by atoms with Gasteiger partial charge in [-0.15, -0.1) is 0 Å². The molecule has 90 valence electrons. The van der Waals surface area contributed by atoms with E-state index in [1.54, 1.807) is 0 Å². The van der Waals surface area contributed by atoms with Crippen LogP contribution in [0.5, 0.6) is 5.75 Å². The topological polar surface area (TPSA) is 66.5 Å². The summed E-state index contributed by atoms with van der Waals surface area (Å²) in [6.07, 6.45) is 1.07. The Labute approximate surface area is 123 Å². The number of benzene rings is 1. The summed E-state index contributed by atoms with van der Waals surface area (Å²) < 4.78 is 1.53. The molecule has 0 amide bonds. The van der Waals surface area contributed by atoms with Crippen molar-refractivity contribution in [2.24, 2.45) is 5.73 Å². The smallest absolute Gasteiger partial charge is 0.142 e. The van der Waals surface area contributed by atoms with E-state index in [1.165, 1.54) is 0 Å². The fraction of sp³-hybridized carbons (Fsp3) is 0.455. The second-order valence-corrected chi connectivity index (χ2v) is 6.04. The molecular weight excluding hydrogens is 432 g/mol. The fourth-order valence-corrected chi connectivity index (χ4v) is 3.29. The summed E-state index contributed by atoms with van der Waals surface area (Å²) >= 11 is 4.12. The highest BCUT2D eigenvalue weighted by Crippen LogP contribution is 2.30. The minimum absolute atomic E-state index is 0.280. The Morgan fingerprint density at radius 2 is 1.81 bits per heavy atom. The Morgan fingerprint density at radius 1 is 1.31 bits per heavy atom. The minimum atomic E-state index is -0.527. The molecule has 0 radical (unpaired) electrons. The maximum Gasteiger partial charge on any atom is 0.142 e. The highest BCUT2D eigenvalue weighted by Gasteiger charge is 2.18. The molecule has 0 aromatic heterocycles. The first-order valence-electron chi connectivity index (χ1n) is 5.09. The van der Waals surface area contributed by atoms with Crippen LogP contribution in [0.15, 0.2) is 12.1 Å². The number of rotatable bonds is 4.